The summed E-state index contributed by atoms with van der Waals surface area (Å²) in [5.74, 6) is -0.419. The number of carbonyl (C=O) groups is 1. The van der Waals surface area contributed by atoms with Crippen LogP contribution in [0.5, 0.6) is 0 Å². The fraction of sp³-hybridized carbons (Fsp3) is 0.333. The van der Waals surface area contributed by atoms with Gasteiger partial charge < -0.3 is 9.88 Å². The monoisotopic (exact) mass is 389 g/mol. The van der Waals surface area contributed by atoms with Crippen molar-refractivity contribution in [1.82, 2.24) is 24.0 Å². The molecule has 1 atom stereocenters. The van der Waals surface area contributed by atoms with Gasteiger partial charge in [-0.25, -0.2) is 14.3 Å². The fourth-order valence-corrected chi connectivity index (χ4v) is 3.16. The van der Waals surface area contributed by atoms with Crippen LogP contribution in [0, 0.1) is 0 Å². The van der Waals surface area contributed by atoms with Crippen molar-refractivity contribution in [3.8, 4) is 0 Å². The Morgan fingerprint density at radius 1 is 1.22 bits per heavy atom. The Morgan fingerprint density at radius 2 is 1.89 bits per heavy atom. The number of halogens is 1. The van der Waals surface area contributed by atoms with Crippen LogP contribution in [-0.4, -0.2) is 24.6 Å². The molecule has 1 N–H and O–H groups in total. The summed E-state index contributed by atoms with van der Waals surface area (Å²) in [5, 5.41) is 3.48. The molecule has 1 amide bonds. The number of hydrogen-bond donors (Lipinski definition) is 1. The molecule has 9 heteroatoms. The Hall–Kier alpha value is -2.87. The van der Waals surface area contributed by atoms with Gasteiger partial charge in [0.15, 0.2) is 11.2 Å². The van der Waals surface area contributed by atoms with E-state index in [1.165, 1.54) is 22.5 Å². The summed E-state index contributed by atoms with van der Waals surface area (Å²) in [5.41, 5.74) is 0.340. The van der Waals surface area contributed by atoms with Crippen molar-refractivity contribution in [2.75, 3.05) is 0 Å². The molecule has 3 rings (SSSR count). The second-order valence-electron chi connectivity index (χ2n) is 6.34. The number of imidazole rings is 1. The SMILES string of the molecule is CCC(NC(=O)Cn1c(=O)c2c(ncn2C)n(C)c1=O)c1ccc(Cl)cc1. The molecule has 0 saturated heterocycles. The maximum atomic E-state index is 12.7. The third kappa shape index (κ3) is 3.52. The molecule has 2 aromatic heterocycles. The lowest BCUT2D eigenvalue weighted by Crippen LogP contribution is -2.44. The van der Waals surface area contributed by atoms with Gasteiger partial charge >= 0.3 is 5.69 Å². The van der Waals surface area contributed by atoms with Gasteiger partial charge in [-0.3, -0.25) is 14.2 Å². The lowest BCUT2D eigenvalue weighted by molar-refractivity contribution is -0.122. The zero-order valence-electron chi connectivity index (χ0n) is 15.3. The Balaban J connectivity index is 1.89. The topological polar surface area (TPSA) is 90.9 Å². The van der Waals surface area contributed by atoms with E-state index in [1.54, 1.807) is 19.2 Å². The van der Waals surface area contributed by atoms with E-state index in [4.69, 9.17) is 11.6 Å². The molecule has 142 valence electrons. The molecule has 2 heterocycles. The van der Waals surface area contributed by atoms with Crippen LogP contribution in [-0.2, 0) is 25.4 Å². The number of aryl methyl sites for hydroxylation is 2. The zero-order chi connectivity index (χ0) is 19.7. The summed E-state index contributed by atoms with van der Waals surface area (Å²) >= 11 is 5.90. The number of nitrogens with one attached hydrogen (secondary N) is 1. The van der Waals surface area contributed by atoms with Crippen LogP contribution in [0.1, 0.15) is 24.9 Å². The highest BCUT2D eigenvalue weighted by atomic mass is 35.5. The van der Waals surface area contributed by atoms with E-state index in [0.29, 0.717) is 11.4 Å². The first-order chi connectivity index (χ1) is 12.8. The van der Waals surface area contributed by atoms with Crippen molar-refractivity contribution in [3.05, 3.63) is 62.0 Å². The van der Waals surface area contributed by atoms with Gasteiger partial charge in [0.25, 0.3) is 5.56 Å². The van der Waals surface area contributed by atoms with Gasteiger partial charge in [-0.1, -0.05) is 30.7 Å². The highest BCUT2D eigenvalue weighted by molar-refractivity contribution is 6.30. The van der Waals surface area contributed by atoms with Crippen molar-refractivity contribution >= 4 is 28.7 Å². The first-order valence-corrected chi connectivity index (χ1v) is 8.87. The highest BCUT2D eigenvalue weighted by Gasteiger charge is 2.19. The number of rotatable bonds is 5. The number of fused-ring (bicyclic) bond motifs is 1. The summed E-state index contributed by atoms with van der Waals surface area (Å²) in [6.45, 7) is 1.57. The van der Waals surface area contributed by atoms with E-state index < -0.39 is 17.2 Å². The smallest absolute Gasteiger partial charge is 0.332 e. The van der Waals surface area contributed by atoms with Gasteiger partial charge in [0.1, 0.15) is 6.54 Å². The second kappa shape index (κ2) is 7.40. The largest absolute Gasteiger partial charge is 0.348 e. The van der Waals surface area contributed by atoms with E-state index in [2.05, 4.69) is 10.3 Å². The van der Waals surface area contributed by atoms with Crippen LogP contribution in [0.15, 0.2) is 40.2 Å². The molecule has 27 heavy (non-hydrogen) atoms. The Kier molecular flexibility index (Phi) is 5.18. The van der Waals surface area contributed by atoms with Crippen molar-refractivity contribution in [3.63, 3.8) is 0 Å². The first-order valence-electron chi connectivity index (χ1n) is 8.49. The van der Waals surface area contributed by atoms with Crippen molar-refractivity contribution in [2.45, 2.75) is 25.9 Å². The molecule has 0 aliphatic rings. The van der Waals surface area contributed by atoms with Gasteiger partial charge in [-0.2, -0.15) is 0 Å². The van der Waals surface area contributed by atoms with Crippen molar-refractivity contribution in [1.29, 1.82) is 0 Å². The van der Waals surface area contributed by atoms with E-state index in [0.717, 1.165) is 10.1 Å². The van der Waals surface area contributed by atoms with Gasteiger partial charge in [0.2, 0.25) is 5.91 Å². The predicted octanol–water partition coefficient (Wildman–Crippen LogP) is 1.35. The van der Waals surface area contributed by atoms with Gasteiger partial charge in [0.05, 0.1) is 12.4 Å². The number of nitrogens with zero attached hydrogens (tertiary/aromatic N) is 4. The molecular formula is C18H20ClN5O3. The van der Waals surface area contributed by atoms with E-state index >= 15 is 0 Å². The fourth-order valence-electron chi connectivity index (χ4n) is 3.04. The standard InChI is InChI=1S/C18H20ClN5O3/c1-4-13(11-5-7-12(19)8-6-11)21-14(25)9-24-17(26)15-16(20-10-22(15)2)23(3)18(24)27/h5-8,10,13H,4,9H2,1-3H3,(H,21,25). The molecule has 0 aliphatic carbocycles. The van der Waals surface area contributed by atoms with E-state index in [1.807, 2.05) is 19.1 Å². The van der Waals surface area contributed by atoms with Gasteiger partial charge in [-0.05, 0) is 24.1 Å². The van der Waals surface area contributed by atoms with Crippen molar-refractivity contribution in [2.24, 2.45) is 14.1 Å². The highest BCUT2D eigenvalue weighted by Crippen LogP contribution is 2.19. The Labute approximate surface area is 160 Å². The summed E-state index contributed by atoms with van der Waals surface area (Å²) in [4.78, 5) is 41.8. The Bertz CT molecular complexity index is 1110. The summed E-state index contributed by atoms with van der Waals surface area (Å²) in [7, 11) is 3.19. The molecule has 0 bridgehead atoms. The summed E-state index contributed by atoms with van der Waals surface area (Å²) < 4.78 is 3.72. The molecule has 0 aliphatic heterocycles. The molecule has 1 aromatic carbocycles. The summed E-state index contributed by atoms with van der Waals surface area (Å²) in [6, 6.07) is 6.94. The van der Waals surface area contributed by atoms with Crippen LogP contribution in [0.4, 0.5) is 0 Å². The van der Waals surface area contributed by atoms with E-state index in [9.17, 15) is 14.4 Å². The predicted molar refractivity (Wildman–Crippen MR) is 103 cm³/mol. The number of hydrogen-bond acceptors (Lipinski definition) is 4. The molecule has 8 nitrogen and oxygen atoms in total. The first kappa shape index (κ1) is 18.9. The maximum Gasteiger partial charge on any atom is 0.332 e. The van der Waals surface area contributed by atoms with Crippen LogP contribution < -0.4 is 16.6 Å². The average molecular weight is 390 g/mol. The number of amides is 1. The third-order valence-electron chi connectivity index (χ3n) is 4.52. The Morgan fingerprint density at radius 3 is 2.52 bits per heavy atom. The number of carbonyl (C=O) groups excluding carboxylic acids is 1. The average Bonchev–Trinajstić information content (AvgIpc) is 3.04. The second-order valence-corrected chi connectivity index (χ2v) is 6.78. The number of aromatic nitrogens is 4. The minimum atomic E-state index is -0.583. The lowest BCUT2D eigenvalue weighted by atomic mass is 10.0. The molecule has 0 saturated carbocycles. The maximum absolute atomic E-state index is 12.7. The van der Waals surface area contributed by atoms with Crippen LogP contribution in [0.25, 0.3) is 11.2 Å². The third-order valence-corrected chi connectivity index (χ3v) is 4.77. The molecular weight excluding hydrogens is 370 g/mol. The van der Waals surface area contributed by atoms with Crippen LogP contribution >= 0.6 is 11.6 Å². The van der Waals surface area contributed by atoms with Crippen LogP contribution in [0.3, 0.4) is 0 Å². The van der Waals surface area contributed by atoms with Gasteiger partial charge in [0, 0.05) is 19.1 Å². The van der Waals surface area contributed by atoms with E-state index in [-0.39, 0.29) is 23.8 Å². The summed E-state index contributed by atoms with van der Waals surface area (Å²) in [6.07, 6.45) is 2.12. The number of benzene rings is 1. The molecule has 1 unspecified atom stereocenters. The lowest BCUT2D eigenvalue weighted by Gasteiger charge is -2.18. The minimum Gasteiger partial charge on any atom is -0.348 e. The molecule has 0 spiro atoms. The quantitative estimate of drug-likeness (QED) is 0.713. The molecule has 0 radical (unpaired) electrons. The van der Waals surface area contributed by atoms with Crippen LogP contribution in [0.2, 0.25) is 5.02 Å². The zero-order valence-corrected chi connectivity index (χ0v) is 16.0. The van der Waals surface area contributed by atoms with Gasteiger partial charge in [-0.15, -0.1) is 0 Å². The normalized spacial score (nSPS) is 12.3. The molecule has 3 aromatic rings. The molecule has 0 fully saturated rings. The minimum absolute atomic E-state index is 0.241. The van der Waals surface area contributed by atoms with Crippen molar-refractivity contribution < 1.29 is 4.79 Å².